The van der Waals surface area contributed by atoms with Crippen LogP contribution in [0.3, 0.4) is 0 Å². The Morgan fingerprint density at radius 3 is 2.42 bits per heavy atom. The molecular weight excluding hydrogens is 305 g/mol. The fraction of sp³-hybridized carbons (Fsp3) is 0.0526. The van der Waals surface area contributed by atoms with Crippen LogP contribution in [0.5, 0.6) is 0 Å². The Kier molecular flexibility index (Phi) is 3.55. The molecule has 0 unspecified atom stereocenters. The zero-order valence-corrected chi connectivity index (χ0v) is 12.7. The minimum atomic E-state index is -0.288. The van der Waals surface area contributed by atoms with Crippen LogP contribution in [0.1, 0.15) is 5.56 Å². The summed E-state index contributed by atoms with van der Waals surface area (Å²) in [5.41, 5.74) is 5.02. The smallest absolute Gasteiger partial charge is 0.123 e. The highest BCUT2D eigenvalue weighted by Crippen LogP contribution is 2.36. The highest BCUT2D eigenvalue weighted by atomic mass is 19.1. The fourth-order valence-electron chi connectivity index (χ4n) is 2.90. The fourth-order valence-corrected chi connectivity index (χ4v) is 2.90. The first-order valence-electron chi connectivity index (χ1n) is 7.55. The van der Waals surface area contributed by atoms with E-state index in [1.807, 2.05) is 30.5 Å². The molecule has 24 heavy (non-hydrogen) atoms. The molecule has 0 fully saturated rings. The lowest BCUT2D eigenvalue weighted by molar-refractivity contribution is 0.283. The Bertz CT molecular complexity index is 994. The van der Waals surface area contributed by atoms with Gasteiger partial charge in [-0.3, -0.25) is 4.98 Å². The summed E-state index contributed by atoms with van der Waals surface area (Å²) in [6.45, 7) is -0.0863. The van der Waals surface area contributed by atoms with Crippen LogP contribution >= 0.6 is 0 Å². The third-order valence-corrected chi connectivity index (χ3v) is 4.00. The molecule has 0 aliphatic heterocycles. The van der Waals surface area contributed by atoms with E-state index in [0.29, 0.717) is 0 Å². The zero-order valence-electron chi connectivity index (χ0n) is 12.7. The molecule has 0 amide bonds. The number of aliphatic hydroxyl groups is 1. The molecule has 3 aromatic heterocycles. The van der Waals surface area contributed by atoms with Crippen LogP contribution in [0, 0.1) is 5.82 Å². The largest absolute Gasteiger partial charge is 0.392 e. The van der Waals surface area contributed by atoms with Crippen molar-refractivity contribution in [2.24, 2.45) is 0 Å². The molecule has 4 nitrogen and oxygen atoms in total. The van der Waals surface area contributed by atoms with Crippen molar-refractivity contribution in [3.63, 3.8) is 0 Å². The summed E-state index contributed by atoms with van der Waals surface area (Å²) in [7, 11) is 0. The number of fused-ring (bicyclic) bond motifs is 1. The van der Waals surface area contributed by atoms with Crippen molar-refractivity contribution in [2.45, 2.75) is 6.61 Å². The molecule has 4 rings (SSSR count). The summed E-state index contributed by atoms with van der Waals surface area (Å²) in [5, 5.41) is 14.4. The Morgan fingerprint density at radius 1 is 0.958 bits per heavy atom. The molecule has 0 bridgehead atoms. The van der Waals surface area contributed by atoms with Crippen molar-refractivity contribution >= 4 is 5.52 Å². The normalized spacial score (nSPS) is 11.1. The molecule has 0 radical (unpaired) electrons. The lowest BCUT2D eigenvalue weighted by atomic mass is 9.99. The summed E-state index contributed by atoms with van der Waals surface area (Å²) in [4.78, 5) is 4.07. The minimum absolute atomic E-state index is 0.0863. The number of rotatable bonds is 3. The summed E-state index contributed by atoms with van der Waals surface area (Å²) in [6, 6.07) is 13.8. The Hall–Kier alpha value is -3.05. The third-order valence-electron chi connectivity index (χ3n) is 4.00. The average molecular weight is 319 g/mol. The quantitative estimate of drug-likeness (QED) is 0.626. The van der Waals surface area contributed by atoms with Crippen LogP contribution in [0.2, 0.25) is 0 Å². The van der Waals surface area contributed by atoms with E-state index >= 15 is 0 Å². The summed E-state index contributed by atoms with van der Waals surface area (Å²) in [5.74, 6) is -0.288. The first-order chi connectivity index (χ1) is 11.8. The van der Waals surface area contributed by atoms with Gasteiger partial charge in [-0.2, -0.15) is 5.10 Å². The molecule has 0 saturated heterocycles. The van der Waals surface area contributed by atoms with E-state index in [1.54, 1.807) is 29.0 Å². The van der Waals surface area contributed by atoms with Gasteiger partial charge in [0.25, 0.3) is 0 Å². The van der Waals surface area contributed by atoms with E-state index < -0.39 is 0 Å². The van der Waals surface area contributed by atoms with Gasteiger partial charge in [-0.05, 0) is 48.0 Å². The number of aromatic nitrogens is 3. The van der Waals surface area contributed by atoms with Gasteiger partial charge >= 0.3 is 0 Å². The van der Waals surface area contributed by atoms with Gasteiger partial charge in [0, 0.05) is 35.3 Å². The van der Waals surface area contributed by atoms with E-state index in [0.717, 1.165) is 33.5 Å². The van der Waals surface area contributed by atoms with Crippen LogP contribution in [0.25, 0.3) is 27.9 Å². The van der Waals surface area contributed by atoms with Gasteiger partial charge in [0.15, 0.2) is 0 Å². The van der Waals surface area contributed by atoms with Gasteiger partial charge in [0.1, 0.15) is 11.5 Å². The van der Waals surface area contributed by atoms with Crippen molar-refractivity contribution in [1.82, 2.24) is 14.6 Å². The molecule has 3 heterocycles. The number of hydrogen-bond acceptors (Lipinski definition) is 3. The first kappa shape index (κ1) is 14.5. The van der Waals surface area contributed by atoms with Gasteiger partial charge in [0.05, 0.1) is 12.1 Å². The summed E-state index contributed by atoms with van der Waals surface area (Å²) >= 11 is 0. The van der Waals surface area contributed by atoms with E-state index in [-0.39, 0.29) is 12.4 Å². The van der Waals surface area contributed by atoms with Gasteiger partial charge < -0.3 is 5.11 Å². The van der Waals surface area contributed by atoms with Crippen molar-refractivity contribution in [3.8, 4) is 22.4 Å². The van der Waals surface area contributed by atoms with Crippen LogP contribution in [-0.2, 0) is 6.61 Å². The Morgan fingerprint density at radius 2 is 1.71 bits per heavy atom. The van der Waals surface area contributed by atoms with E-state index in [4.69, 9.17) is 0 Å². The van der Waals surface area contributed by atoms with Gasteiger partial charge in [-0.15, -0.1) is 0 Å². The van der Waals surface area contributed by atoms with Gasteiger partial charge in [0.2, 0.25) is 0 Å². The summed E-state index contributed by atoms with van der Waals surface area (Å²) in [6.07, 6.45) is 5.27. The lowest BCUT2D eigenvalue weighted by Crippen LogP contribution is -1.92. The molecule has 118 valence electrons. The van der Waals surface area contributed by atoms with Crippen molar-refractivity contribution in [1.29, 1.82) is 0 Å². The molecule has 1 N–H and O–H groups in total. The molecule has 1 aromatic carbocycles. The predicted molar refractivity (Wildman–Crippen MR) is 89.7 cm³/mol. The molecule has 0 aliphatic carbocycles. The maximum Gasteiger partial charge on any atom is 0.123 e. The highest BCUT2D eigenvalue weighted by Gasteiger charge is 2.18. The topological polar surface area (TPSA) is 50.4 Å². The van der Waals surface area contributed by atoms with Crippen LogP contribution < -0.4 is 0 Å². The monoisotopic (exact) mass is 319 g/mol. The SMILES string of the molecule is OCc1cccn2nc(-c3ccc(F)cc3)c(-c3ccncc3)c12. The average Bonchev–Trinajstić information content (AvgIpc) is 3.02. The van der Waals surface area contributed by atoms with E-state index in [1.165, 1.54) is 12.1 Å². The molecule has 4 aromatic rings. The molecule has 0 atom stereocenters. The Balaban J connectivity index is 2.08. The van der Waals surface area contributed by atoms with Crippen LogP contribution in [-0.4, -0.2) is 19.7 Å². The zero-order chi connectivity index (χ0) is 16.5. The van der Waals surface area contributed by atoms with Gasteiger partial charge in [-0.25, -0.2) is 8.91 Å². The van der Waals surface area contributed by atoms with Crippen molar-refractivity contribution < 1.29 is 9.50 Å². The Labute approximate surface area is 137 Å². The lowest BCUT2D eigenvalue weighted by Gasteiger charge is -2.06. The number of nitrogens with zero attached hydrogens (tertiary/aromatic N) is 3. The van der Waals surface area contributed by atoms with Gasteiger partial charge in [-0.1, -0.05) is 6.07 Å². The maximum absolute atomic E-state index is 13.3. The molecular formula is C19H14FN3O. The molecule has 0 spiro atoms. The second-order valence-corrected chi connectivity index (χ2v) is 5.45. The van der Waals surface area contributed by atoms with E-state index in [9.17, 15) is 9.50 Å². The van der Waals surface area contributed by atoms with Crippen LogP contribution in [0.15, 0.2) is 67.1 Å². The second-order valence-electron chi connectivity index (χ2n) is 5.45. The molecule has 0 aliphatic rings. The predicted octanol–water partition coefficient (Wildman–Crippen LogP) is 3.69. The number of halogens is 1. The number of benzene rings is 1. The van der Waals surface area contributed by atoms with Crippen molar-refractivity contribution in [3.05, 3.63) is 78.5 Å². The summed E-state index contributed by atoms with van der Waals surface area (Å²) < 4.78 is 15.0. The maximum atomic E-state index is 13.3. The standard InChI is InChI=1S/C19H14FN3O/c20-16-5-3-14(4-6-16)18-17(13-7-9-21-10-8-13)19-15(12-24)2-1-11-23(19)22-18/h1-11,24H,12H2. The first-order valence-corrected chi connectivity index (χ1v) is 7.55. The van der Waals surface area contributed by atoms with Crippen LogP contribution in [0.4, 0.5) is 4.39 Å². The molecule has 0 saturated carbocycles. The highest BCUT2D eigenvalue weighted by molar-refractivity contribution is 5.93. The number of pyridine rings is 2. The number of aliphatic hydroxyl groups excluding tert-OH is 1. The second kappa shape index (κ2) is 5.86. The number of hydrogen-bond donors (Lipinski definition) is 1. The molecule has 5 heteroatoms. The third kappa shape index (κ3) is 2.35. The minimum Gasteiger partial charge on any atom is -0.392 e. The van der Waals surface area contributed by atoms with E-state index in [2.05, 4.69) is 10.1 Å². The van der Waals surface area contributed by atoms with Crippen molar-refractivity contribution in [2.75, 3.05) is 0 Å².